The zero-order chi connectivity index (χ0) is 10.7. The quantitative estimate of drug-likeness (QED) is 0.741. The molecule has 0 spiro atoms. The van der Waals surface area contributed by atoms with Crippen LogP contribution in [-0.4, -0.2) is 22.4 Å². The molecule has 1 fully saturated rings. The minimum absolute atomic E-state index is 0.0507. The van der Waals surface area contributed by atoms with E-state index in [-0.39, 0.29) is 5.78 Å². The molecule has 0 saturated carbocycles. The van der Waals surface area contributed by atoms with Crippen LogP contribution in [0.3, 0.4) is 0 Å². The van der Waals surface area contributed by atoms with Gasteiger partial charge in [0.15, 0.2) is 5.78 Å². The molecule has 1 aliphatic rings. The SMILES string of the molecule is CC(=O)c1cnoc1CC1CCCSC1. The van der Waals surface area contributed by atoms with Gasteiger partial charge in [-0.25, -0.2) is 0 Å². The van der Waals surface area contributed by atoms with Gasteiger partial charge in [-0.15, -0.1) is 0 Å². The highest BCUT2D eigenvalue weighted by Gasteiger charge is 2.20. The number of carbonyl (C=O) groups is 1. The zero-order valence-electron chi connectivity index (χ0n) is 8.86. The van der Waals surface area contributed by atoms with Crippen LogP contribution in [-0.2, 0) is 6.42 Å². The van der Waals surface area contributed by atoms with Crippen molar-refractivity contribution in [1.82, 2.24) is 5.16 Å². The molecule has 1 aliphatic heterocycles. The van der Waals surface area contributed by atoms with Crippen LogP contribution < -0.4 is 0 Å². The number of thioether (sulfide) groups is 1. The molecule has 1 saturated heterocycles. The molecule has 2 heterocycles. The second kappa shape index (κ2) is 4.84. The fourth-order valence-corrected chi connectivity index (χ4v) is 3.08. The Balaban J connectivity index is 2.03. The van der Waals surface area contributed by atoms with Crippen LogP contribution >= 0.6 is 11.8 Å². The number of nitrogens with zero attached hydrogens (tertiary/aromatic N) is 1. The summed E-state index contributed by atoms with van der Waals surface area (Å²) < 4.78 is 5.15. The molecule has 0 aliphatic carbocycles. The second-order valence-electron chi connectivity index (χ2n) is 4.01. The van der Waals surface area contributed by atoms with E-state index in [1.54, 1.807) is 6.92 Å². The highest BCUT2D eigenvalue weighted by molar-refractivity contribution is 7.99. The molecule has 1 atom stereocenters. The van der Waals surface area contributed by atoms with Crippen LogP contribution in [0.25, 0.3) is 0 Å². The maximum absolute atomic E-state index is 11.3. The van der Waals surface area contributed by atoms with E-state index in [1.807, 2.05) is 11.8 Å². The molecular weight excluding hydrogens is 210 g/mol. The number of Topliss-reactive ketones (excluding diaryl/α,β-unsaturated/α-hetero) is 1. The third-order valence-electron chi connectivity index (χ3n) is 2.75. The Hall–Kier alpha value is -0.770. The maximum Gasteiger partial charge on any atom is 0.164 e. The van der Waals surface area contributed by atoms with Gasteiger partial charge in [-0.1, -0.05) is 5.16 Å². The van der Waals surface area contributed by atoms with Crippen molar-refractivity contribution in [2.24, 2.45) is 5.92 Å². The lowest BCUT2D eigenvalue weighted by atomic mass is 9.98. The van der Waals surface area contributed by atoms with Crippen molar-refractivity contribution in [1.29, 1.82) is 0 Å². The minimum Gasteiger partial charge on any atom is -0.361 e. The summed E-state index contributed by atoms with van der Waals surface area (Å²) in [5, 5.41) is 3.71. The predicted octanol–water partition coefficient (Wildman–Crippen LogP) is 2.56. The molecule has 15 heavy (non-hydrogen) atoms. The van der Waals surface area contributed by atoms with Gasteiger partial charge in [-0.3, -0.25) is 4.79 Å². The van der Waals surface area contributed by atoms with Crippen LogP contribution in [0.5, 0.6) is 0 Å². The average molecular weight is 225 g/mol. The van der Waals surface area contributed by atoms with Gasteiger partial charge in [0.05, 0.1) is 11.8 Å². The summed E-state index contributed by atoms with van der Waals surface area (Å²) in [4.78, 5) is 11.3. The summed E-state index contributed by atoms with van der Waals surface area (Å²) in [6.45, 7) is 1.56. The highest BCUT2D eigenvalue weighted by atomic mass is 32.2. The molecule has 0 N–H and O–H groups in total. The third kappa shape index (κ3) is 2.62. The summed E-state index contributed by atoms with van der Waals surface area (Å²) in [6, 6.07) is 0. The largest absolute Gasteiger partial charge is 0.361 e. The van der Waals surface area contributed by atoms with E-state index in [9.17, 15) is 4.79 Å². The molecule has 4 heteroatoms. The van der Waals surface area contributed by atoms with Gasteiger partial charge in [0, 0.05) is 6.42 Å². The summed E-state index contributed by atoms with van der Waals surface area (Å²) >= 11 is 1.99. The number of hydrogen-bond donors (Lipinski definition) is 0. The van der Waals surface area contributed by atoms with Crippen LogP contribution in [0.4, 0.5) is 0 Å². The average Bonchev–Trinajstić information content (AvgIpc) is 2.67. The molecule has 1 aromatic heterocycles. The molecule has 1 aromatic rings. The van der Waals surface area contributed by atoms with Gasteiger partial charge < -0.3 is 4.52 Å². The predicted molar refractivity (Wildman–Crippen MR) is 60.3 cm³/mol. The van der Waals surface area contributed by atoms with Gasteiger partial charge >= 0.3 is 0 Å². The van der Waals surface area contributed by atoms with Crippen molar-refractivity contribution in [3.8, 4) is 0 Å². The Bertz CT molecular complexity index is 342. The Morgan fingerprint density at radius 2 is 2.60 bits per heavy atom. The summed E-state index contributed by atoms with van der Waals surface area (Å²) in [5.41, 5.74) is 0.658. The summed E-state index contributed by atoms with van der Waals surface area (Å²) in [5.74, 6) is 3.92. The minimum atomic E-state index is 0.0507. The summed E-state index contributed by atoms with van der Waals surface area (Å²) in [7, 11) is 0. The van der Waals surface area contributed by atoms with Gasteiger partial charge in [-0.2, -0.15) is 11.8 Å². The van der Waals surface area contributed by atoms with Crippen LogP contribution in [0.15, 0.2) is 10.7 Å². The van der Waals surface area contributed by atoms with Crippen molar-refractivity contribution in [2.75, 3.05) is 11.5 Å². The first kappa shape index (κ1) is 10.7. The van der Waals surface area contributed by atoms with E-state index < -0.39 is 0 Å². The number of hydrogen-bond acceptors (Lipinski definition) is 4. The molecule has 0 bridgehead atoms. The number of rotatable bonds is 3. The highest BCUT2D eigenvalue weighted by Crippen LogP contribution is 2.26. The first-order chi connectivity index (χ1) is 7.27. The van der Waals surface area contributed by atoms with Crippen LogP contribution in [0, 0.1) is 5.92 Å². The van der Waals surface area contributed by atoms with Crippen molar-refractivity contribution in [3.63, 3.8) is 0 Å². The van der Waals surface area contributed by atoms with Crippen LogP contribution in [0.1, 0.15) is 35.9 Å². The molecule has 0 aromatic carbocycles. The van der Waals surface area contributed by atoms with Gasteiger partial charge in [0.1, 0.15) is 5.76 Å². The molecule has 2 rings (SSSR count). The Kier molecular flexibility index (Phi) is 3.46. The van der Waals surface area contributed by atoms with E-state index in [1.165, 1.54) is 30.5 Å². The molecule has 82 valence electrons. The lowest BCUT2D eigenvalue weighted by Gasteiger charge is -2.19. The smallest absolute Gasteiger partial charge is 0.164 e. The standard InChI is InChI=1S/C11H15NO2S/c1-8(13)10-6-12-14-11(10)5-9-3-2-4-15-7-9/h6,9H,2-5,7H2,1H3. The lowest BCUT2D eigenvalue weighted by molar-refractivity contribution is 0.101. The van der Waals surface area contributed by atoms with Crippen LogP contribution in [0.2, 0.25) is 0 Å². The topological polar surface area (TPSA) is 43.1 Å². The first-order valence-electron chi connectivity index (χ1n) is 5.29. The molecule has 0 amide bonds. The van der Waals surface area contributed by atoms with E-state index in [2.05, 4.69) is 5.16 Å². The van der Waals surface area contributed by atoms with E-state index in [0.717, 1.165) is 12.2 Å². The zero-order valence-corrected chi connectivity index (χ0v) is 9.68. The fraction of sp³-hybridized carbons (Fsp3) is 0.636. The van der Waals surface area contributed by atoms with Gasteiger partial charge in [0.2, 0.25) is 0 Å². The van der Waals surface area contributed by atoms with Crippen molar-refractivity contribution in [3.05, 3.63) is 17.5 Å². The molecule has 0 radical (unpaired) electrons. The van der Waals surface area contributed by atoms with Crippen molar-refractivity contribution >= 4 is 17.5 Å². The number of ketones is 1. The van der Waals surface area contributed by atoms with Gasteiger partial charge in [0.25, 0.3) is 0 Å². The van der Waals surface area contributed by atoms with Crippen molar-refractivity contribution in [2.45, 2.75) is 26.2 Å². The van der Waals surface area contributed by atoms with E-state index in [0.29, 0.717) is 11.5 Å². The van der Waals surface area contributed by atoms with E-state index >= 15 is 0 Å². The Labute approximate surface area is 93.6 Å². The number of aromatic nitrogens is 1. The molecule has 3 nitrogen and oxygen atoms in total. The second-order valence-corrected chi connectivity index (χ2v) is 5.16. The molecular formula is C11H15NO2S. The van der Waals surface area contributed by atoms with E-state index in [4.69, 9.17) is 4.52 Å². The van der Waals surface area contributed by atoms with Gasteiger partial charge in [-0.05, 0) is 37.2 Å². The fourth-order valence-electron chi connectivity index (χ4n) is 1.93. The molecule has 1 unspecified atom stereocenters. The number of carbonyl (C=O) groups excluding carboxylic acids is 1. The Morgan fingerprint density at radius 3 is 3.27 bits per heavy atom. The maximum atomic E-state index is 11.3. The lowest BCUT2D eigenvalue weighted by Crippen LogP contribution is -2.14. The normalized spacial score (nSPS) is 21.5. The third-order valence-corrected chi connectivity index (χ3v) is 4.04. The Morgan fingerprint density at radius 1 is 1.73 bits per heavy atom. The monoisotopic (exact) mass is 225 g/mol. The summed E-state index contributed by atoms with van der Waals surface area (Å²) in [6.07, 6.45) is 4.92. The van der Waals surface area contributed by atoms with Crippen molar-refractivity contribution < 1.29 is 9.32 Å². The first-order valence-corrected chi connectivity index (χ1v) is 6.45.